The molecule has 0 radical (unpaired) electrons. The number of rotatable bonds is 2. The van der Waals surface area contributed by atoms with Gasteiger partial charge in [0.2, 0.25) is 0 Å². The van der Waals surface area contributed by atoms with E-state index in [0.29, 0.717) is 11.3 Å². The van der Waals surface area contributed by atoms with E-state index in [1.54, 1.807) is 0 Å². The number of hydrogen-bond acceptors (Lipinski definition) is 4. The van der Waals surface area contributed by atoms with Crippen LogP contribution in [0.3, 0.4) is 0 Å². The summed E-state index contributed by atoms with van der Waals surface area (Å²) in [5, 5.41) is 15.3. The van der Waals surface area contributed by atoms with Gasteiger partial charge >= 0.3 is 0 Å². The largest absolute Gasteiger partial charge is 0.383 e. The van der Waals surface area contributed by atoms with Crippen LogP contribution in [0, 0.1) is 5.82 Å². The fraction of sp³-hybridized carbons (Fsp3) is 0. The first-order chi connectivity index (χ1) is 8.61. The van der Waals surface area contributed by atoms with Crippen LogP contribution in [0.1, 0.15) is 5.56 Å². The highest BCUT2D eigenvalue weighted by Gasteiger charge is 2.09. The van der Waals surface area contributed by atoms with Crippen molar-refractivity contribution in [2.75, 3.05) is 5.73 Å². The van der Waals surface area contributed by atoms with Crippen molar-refractivity contribution >= 4 is 33.3 Å². The molecule has 5 N–H and O–H groups in total. The van der Waals surface area contributed by atoms with E-state index in [-0.39, 0.29) is 16.1 Å². The predicted octanol–water partition coefficient (Wildman–Crippen LogP) is 1.95. The summed E-state index contributed by atoms with van der Waals surface area (Å²) in [4.78, 5) is 4.10. The molecule has 0 atom stereocenters. The average molecular weight is 314 g/mol. The van der Waals surface area contributed by atoms with Crippen LogP contribution in [0.15, 0.2) is 33.9 Å². The number of nitrogens with one attached hydrogen (secondary N) is 2. The molecule has 6 nitrogen and oxygen atoms in total. The van der Waals surface area contributed by atoms with Crippen molar-refractivity contribution in [2.24, 2.45) is 4.99 Å². The van der Waals surface area contributed by atoms with Crippen LogP contribution in [0.2, 0.25) is 0 Å². The molecule has 18 heavy (non-hydrogen) atoms. The summed E-state index contributed by atoms with van der Waals surface area (Å²) in [6, 6.07) is 4.20. The Hall–Kier alpha value is -1.93. The maximum atomic E-state index is 13.1. The van der Waals surface area contributed by atoms with Crippen LogP contribution < -0.4 is 11.2 Å². The minimum absolute atomic E-state index is 0.111. The first-order valence-corrected chi connectivity index (χ1v) is 5.64. The highest BCUT2D eigenvalue weighted by molar-refractivity contribution is 9.10. The van der Waals surface area contributed by atoms with Gasteiger partial charge in [-0.2, -0.15) is 5.10 Å². The molecule has 1 aromatic heterocycles. The van der Waals surface area contributed by atoms with E-state index in [1.165, 1.54) is 24.4 Å². The summed E-state index contributed by atoms with van der Waals surface area (Å²) < 4.78 is 13.3. The molecule has 0 unspecified atom stereocenters. The molecule has 0 saturated heterocycles. The van der Waals surface area contributed by atoms with Gasteiger partial charge in [-0.1, -0.05) is 0 Å². The van der Waals surface area contributed by atoms with Crippen molar-refractivity contribution < 1.29 is 9.60 Å². The number of anilines is 1. The molecule has 0 spiro atoms. The van der Waals surface area contributed by atoms with Gasteiger partial charge in [0.1, 0.15) is 11.6 Å². The molecule has 1 heterocycles. The van der Waals surface area contributed by atoms with Crippen LogP contribution in [0.25, 0.3) is 0 Å². The minimum Gasteiger partial charge on any atom is -0.383 e. The van der Waals surface area contributed by atoms with E-state index in [1.807, 2.05) is 5.48 Å². The summed E-state index contributed by atoms with van der Waals surface area (Å²) in [5.74, 6) is -0.0217. The summed E-state index contributed by atoms with van der Waals surface area (Å²) in [6.45, 7) is 0. The fourth-order valence-corrected chi connectivity index (χ4v) is 1.68. The first kappa shape index (κ1) is 12.5. The number of hydrogen-bond donors (Lipinski definition) is 4. The summed E-state index contributed by atoms with van der Waals surface area (Å²) in [6.07, 6.45) is 1.41. The fourth-order valence-electron chi connectivity index (χ4n) is 1.31. The van der Waals surface area contributed by atoms with Gasteiger partial charge in [0.05, 0.1) is 21.9 Å². The molecule has 0 amide bonds. The Morgan fingerprint density at radius 3 is 2.89 bits per heavy atom. The molecule has 0 aliphatic heterocycles. The second kappa shape index (κ2) is 5.15. The number of nitrogens with two attached hydrogens (primary N) is 1. The zero-order chi connectivity index (χ0) is 13.1. The number of aliphatic imine (C=N–C) groups is 1. The molecule has 0 bridgehead atoms. The van der Waals surface area contributed by atoms with Gasteiger partial charge in [0, 0.05) is 0 Å². The van der Waals surface area contributed by atoms with E-state index in [0.717, 1.165) is 0 Å². The predicted molar refractivity (Wildman–Crippen MR) is 68.2 cm³/mol. The normalized spacial score (nSPS) is 11.6. The minimum atomic E-state index is -0.393. The maximum Gasteiger partial charge on any atom is 0.162 e. The third-order valence-electron chi connectivity index (χ3n) is 2.17. The van der Waals surface area contributed by atoms with E-state index in [9.17, 15) is 4.39 Å². The molecule has 0 aliphatic rings. The van der Waals surface area contributed by atoms with E-state index in [2.05, 4.69) is 31.1 Å². The second-order valence-electron chi connectivity index (χ2n) is 3.37. The van der Waals surface area contributed by atoms with E-state index >= 15 is 0 Å². The van der Waals surface area contributed by atoms with Gasteiger partial charge < -0.3 is 5.73 Å². The zero-order valence-corrected chi connectivity index (χ0v) is 10.6. The lowest BCUT2D eigenvalue weighted by atomic mass is 10.3. The second-order valence-corrected chi connectivity index (χ2v) is 4.22. The zero-order valence-electron chi connectivity index (χ0n) is 8.98. The lowest BCUT2D eigenvalue weighted by Gasteiger charge is -2.04. The van der Waals surface area contributed by atoms with Crippen molar-refractivity contribution in [2.45, 2.75) is 0 Å². The molecule has 1 aromatic carbocycles. The first-order valence-electron chi connectivity index (χ1n) is 4.85. The molecule has 0 saturated carbocycles. The van der Waals surface area contributed by atoms with Crippen LogP contribution in [-0.2, 0) is 0 Å². The average Bonchev–Trinajstić information content (AvgIpc) is 2.77. The van der Waals surface area contributed by atoms with E-state index in [4.69, 9.17) is 10.9 Å². The number of amidine groups is 1. The number of hydroxylamine groups is 1. The molecular formula is C10H9BrFN5O. The number of nitrogen functional groups attached to an aromatic ring is 1. The number of aromatic amines is 1. The molecule has 0 fully saturated rings. The molecule has 0 aliphatic carbocycles. The Morgan fingerprint density at radius 2 is 2.33 bits per heavy atom. The Balaban J connectivity index is 2.41. The lowest BCUT2D eigenvalue weighted by Crippen LogP contribution is -2.20. The summed E-state index contributed by atoms with van der Waals surface area (Å²) in [7, 11) is 0. The van der Waals surface area contributed by atoms with Gasteiger partial charge in [0.15, 0.2) is 5.84 Å². The Kier molecular flexibility index (Phi) is 3.58. The van der Waals surface area contributed by atoms with Gasteiger partial charge in [-0.25, -0.2) is 9.38 Å². The van der Waals surface area contributed by atoms with Crippen LogP contribution in [0.4, 0.5) is 15.9 Å². The molecule has 2 rings (SSSR count). The third-order valence-corrected chi connectivity index (χ3v) is 2.78. The topological polar surface area (TPSA) is 99.3 Å². The standard InChI is InChI=1S/C10H9BrFN5O/c11-7-3-5(1-2-8(7)12)15-10(17-18)6-4-14-16-9(6)13/h1-4,18H,(H,15,17)(H3,13,14,16). The van der Waals surface area contributed by atoms with Crippen LogP contribution >= 0.6 is 15.9 Å². The number of nitrogens with zero attached hydrogens (tertiary/aromatic N) is 2. The number of aromatic nitrogens is 2. The summed E-state index contributed by atoms with van der Waals surface area (Å²) >= 11 is 3.05. The van der Waals surface area contributed by atoms with Gasteiger partial charge in [-0.15, -0.1) is 0 Å². The lowest BCUT2D eigenvalue weighted by molar-refractivity contribution is 0.235. The van der Waals surface area contributed by atoms with Gasteiger partial charge in [-0.05, 0) is 34.1 Å². The number of H-pyrrole nitrogens is 1. The SMILES string of the molecule is Nc1[nH]ncc1C(=Nc1ccc(F)c(Br)c1)NO. The van der Waals surface area contributed by atoms with Crippen LogP contribution in [0.5, 0.6) is 0 Å². The van der Waals surface area contributed by atoms with Crippen molar-refractivity contribution in [1.82, 2.24) is 15.7 Å². The summed E-state index contributed by atoms with van der Waals surface area (Å²) in [5.41, 5.74) is 8.39. The number of halogens is 2. The highest BCUT2D eigenvalue weighted by Crippen LogP contribution is 2.23. The quantitative estimate of drug-likeness (QED) is 0.387. The Labute approximate surface area is 110 Å². The third kappa shape index (κ3) is 2.49. The highest BCUT2D eigenvalue weighted by atomic mass is 79.9. The molecular weight excluding hydrogens is 305 g/mol. The van der Waals surface area contributed by atoms with Crippen molar-refractivity contribution in [3.05, 3.63) is 40.2 Å². The van der Waals surface area contributed by atoms with Gasteiger partial charge in [0.25, 0.3) is 0 Å². The maximum absolute atomic E-state index is 13.1. The number of benzene rings is 1. The smallest absolute Gasteiger partial charge is 0.162 e. The molecule has 8 heteroatoms. The monoisotopic (exact) mass is 313 g/mol. The Bertz CT molecular complexity index is 598. The van der Waals surface area contributed by atoms with Crippen molar-refractivity contribution in [3.63, 3.8) is 0 Å². The van der Waals surface area contributed by atoms with E-state index < -0.39 is 5.82 Å². The van der Waals surface area contributed by atoms with Crippen molar-refractivity contribution in [1.29, 1.82) is 0 Å². The van der Waals surface area contributed by atoms with Crippen LogP contribution in [-0.4, -0.2) is 21.2 Å². The van der Waals surface area contributed by atoms with Crippen molar-refractivity contribution in [3.8, 4) is 0 Å². The Morgan fingerprint density at radius 1 is 1.56 bits per heavy atom. The molecule has 2 aromatic rings. The van der Waals surface area contributed by atoms with Gasteiger partial charge in [-0.3, -0.25) is 15.8 Å². The molecule has 94 valence electrons.